The zero-order valence-electron chi connectivity index (χ0n) is 10.5. The van der Waals surface area contributed by atoms with Gasteiger partial charge in [-0.3, -0.25) is 0 Å². The number of nitrogens with zero attached hydrogens (tertiary/aromatic N) is 2. The Morgan fingerprint density at radius 3 is 1.33 bits per heavy atom. The Labute approximate surface area is 120 Å². The van der Waals surface area contributed by atoms with Crippen LogP contribution in [-0.4, -0.2) is 50.6 Å². The number of aliphatic hydroxyl groups is 3. The summed E-state index contributed by atoms with van der Waals surface area (Å²) in [5.41, 5.74) is 0. The van der Waals surface area contributed by atoms with E-state index in [-0.39, 0.29) is 36.9 Å². The maximum Gasteiger partial charge on any atom is 0.0159 e. The van der Waals surface area contributed by atoms with Crippen molar-refractivity contribution in [2.24, 2.45) is 0 Å². The van der Waals surface area contributed by atoms with E-state index in [1.807, 2.05) is 0 Å². The molecule has 0 saturated carbocycles. The van der Waals surface area contributed by atoms with Gasteiger partial charge in [-0.1, -0.05) is 0 Å². The van der Waals surface area contributed by atoms with Crippen molar-refractivity contribution in [2.75, 3.05) is 19.8 Å². The van der Waals surface area contributed by atoms with E-state index in [1.54, 1.807) is 0 Å². The first-order valence-electron chi connectivity index (χ1n) is 5.17. The number of H-pyrrole nitrogens is 1. The number of rotatable bonds is 3. The van der Waals surface area contributed by atoms with E-state index in [1.165, 1.54) is 6.20 Å². The van der Waals surface area contributed by atoms with Crippen LogP contribution in [0.4, 0.5) is 0 Å². The molecule has 0 bridgehead atoms. The Morgan fingerprint density at radius 2 is 1.28 bits per heavy atom. The fraction of sp³-hybridized carbons (Fsp3) is 0.545. The fourth-order valence-electron chi connectivity index (χ4n) is 0.144. The third kappa shape index (κ3) is 57.8. The van der Waals surface area contributed by atoms with Gasteiger partial charge in [0.1, 0.15) is 0 Å². The molecule has 1 radical (unpaired) electrons. The zero-order valence-corrected chi connectivity index (χ0v) is 11.4. The molecular formula is C11H23CuN3O3-4. The summed E-state index contributed by atoms with van der Waals surface area (Å²) >= 11 is 0. The van der Waals surface area contributed by atoms with Gasteiger partial charge in [-0.05, 0) is 0 Å². The second-order valence-corrected chi connectivity index (χ2v) is 2.33. The van der Waals surface area contributed by atoms with E-state index in [0.29, 0.717) is 19.3 Å². The van der Waals surface area contributed by atoms with Crippen LogP contribution in [0.15, 0.2) is 6.20 Å². The Morgan fingerprint density at radius 1 is 0.944 bits per heavy atom. The van der Waals surface area contributed by atoms with Crippen molar-refractivity contribution < 1.29 is 32.4 Å². The molecule has 0 spiro atoms. The van der Waals surface area contributed by atoms with E-state index in [0.717, 1.165) is 0 Å². The summed E-state index contributed by atoms with van der Waals surface area (Å²) in [4.78, 5) is 0. The molecule has 7 heteroatoms. The molecular weight excluding hydrogens is 286 g/mol. The largest absolute Gasteiger partial charge is 0.399 e. The van der Waals surface area contributed by atoms with Crippen molar-refractivity contribution in [1.29, 1.82) is 0 Å². The number of aliphatic hydroxyl groups excluding tert-OH is 3. The van der Waals surface area contributed by atoms with Gasteiger partial charge in [-0.25, -0.2) is 0 Å². The number of hydrogen-bond donors (Lipinski definition) is 4. The molecule has 0 aliphatic carbocycles. The molecule has 6 nitrogen and oxygen atoms in total. The molecule has 115 valence electrons. The van der Waals surface area contributed by atoms with Gasteiger partial charge in [0.2, 0.25) is 0 Å². The summed E-state index contributed by atoms with van der Waals surface area (Å²) in [6, 6.07) is 0. The van der Waals surface area contributed by atoms with Crippen LogP contribution in [0.25, 0.3) is 0 Å². The minimum atomic E-state index is 0. The Hall–Kier alpha value is -0.461. The van der Waals surface area contributed by atoms with Crippen LogP contribution in [-0.2, 0) is 17.1 Å². The molecule has 0 saturated heterocycles. The molecule has 0 atom stereocenters. The first-order valence-corrected chi connectivity index (χ1v) is 5.17. The second kappa shape index (κ2) is 36.0. The molecule has 1 heterocycles. The summed E-state index contributed by atoms with van der Waals surface area (Å²) in [6.45, 7) is 10.7. The average molecular weight is 309 g/mol. The summed E-state index contributed by atoms with van der Waals surface area (Å²) < 4.78 is 0. The molecule has 0 unspecified atom stereocenters. The van der Waals surface area contributed by atoms with E-state index in [9.17, 15) is 0 Å². The Balaban J connectivity index is -0.0000000719. The third-order valence-corrected chi connectivity index (χ3v) is 0.769. The van der Waals surface area contributed by atoms with Gasteiger partial charge < -0.3 is 52.5 Å². The van der Waals surface area contributed by atoms with Crippen LogP contribution in [0, 0.1) is 27.0 Å². The molecule has 1 rings (SSSR count). The van der Waals surface area contributed by atoms with Gasteiger partial charge >= 0.3 is 0 Å². The molecule has 1 aromatic heterocycles. The molecule has 0 amide bonds. The van der Waals surface area contributed by atoms with Crippen molar-refractivity contribution in [2.45, 2.75) is 19.3 Å². The summed E-state index contributed by atoms with van der Waals surface area (Å²) in [6.07, 6.45) is 5.85. The summed E-state index contributed by atoms with van der Waals surface area (Å²) in [5.74, 6) is 0. The predicted molar refractivity (Wildman–Crippen MR) is 66.4 cm³/mol. The number of aromatic nitrogens is 3. The van der Waals surface area contributed by atoms with E-state index in [2.05, 4.69) is 42.4 Å². The van der Waals surface area contributed by atoms with Gasteiger partial charge in [0, 0.05) is 36.9 Å². The van der Waals surface area contributed by atoms with Gasteiger partial charge in [0.15, 0.2) is 0 Å². The summed E-state index contributed by atoms with van der Waals surface area (Å²) in [7, 11) is 0. The van der Waals surface area contributed by atoms with Gasteiger partial charge in [0.05, 0.1) is 0 Å². The van der Waals surface area contributed by atoms with Crippen molar-refractivity contribution in [3.8, 4) is 0 Å². The maximum atomic E-state index is 7.81. The minimum Gasteiger partial charge on any atom is -0.399 e. The van der Waals surface area contributed by atoms with E-state index < -0.39 is 0 Å². The molecule has 0 aliphatic rings. The number of aromatic amines is 1. The fourth-order valence-corrected chi connectivity index (χ4v) is 0.144. The van der Waals surface area contributed by atoms with Crippen LogP contribution >= 0.6 is 0 Å². The molecule has 0 aromatic carbocycles. The van der Waals surface area contributed by atoms with Crippen LogP contribution in [0.2, 0.25) is 0 Å². The van der Waals surface area contributed by atoms with Crippen molar-refractivity contribution >= 4 is 0 Å². The van der Waals surface area contributed by atoms with Crippen LogP contribution < -0.4 is 0 Å². The normalized spacial score (nSPS) is 7.22. The van der Waals surface area contributed by atoms with Gasteiger partial charge in [-0.2, -0.15) is 19.3 Å². The number of nitrogens with one attached hydrogen (secondary N) is 1. The van der Waals surface area contributed by atoms with Crippen LogP contribution in [0.3, 0.4) is 0 Å². The Kier molecular flexibility index (Phi) is 52.3. The second-order valence-electron chi connectivity index (χ2n) is 2.33. The number of hydrogen-bond acceptors (Lipinski definition) is 5. The minimum absolute atomic E-state index is 0. The van der Waals surface area contributed by atoms with Crippen LogP contribution in [0.1, 0.15) is 19.3 Å². The first kappa shape index (κ1) is 26.2. The van der Waals surface area contributed by atoms with Crippen LogP contribution in [0.5, 0.6) is 0 Å². The smallest absolute Gasteiger partial charge is 0.0159 e. The van der Waals surface area contributed by atoms with Crippen molar-refractivity contribution in [1.82, 2.24) is 15.4 Å². The molecule has 0 aliphatic heterocycles. The maximum absolute atomic E-state index is 7.81. The van der Waals surface area contributed by atoms with Gasteiger partial charge in [-0.15, -0.1) is 11.4 Å². The molecule has 18 heavy (non-hydrogen) atoms. The summed E-state index contributed by atoms with van der Waals surface area (Å²) in [5, 5.41) is 32.5. The molecule has 0 fully saturated rings. The van der Waals surface area contributed by atoms with E-state index >= 15 is 0 Å². The predicted octanol–water partition coefficient (Wildman–Crippen LogP) is 0.211. The van der Waals surface area contributed by atoms with Crippen molar-refractivity contribution in [3.63, 3.8) is 0 Å². The third-order valence-electron chi connectivity index (χ3n) is 0.769. The van der Waals surface area contributed by atoms with E-state index in [4.69, 9.17) is 15.3 Å². The van der Waals surface area contributed by atoms with Gasteiger partial charge in [0.25, 0.3) is 0 Å². The van der Waals surface area contributed by atoms with Crippen molar-refractivity contribution in [3.05, 3.63) is 33.2 Å². The monoisotopic (exact) mass is 308 g/mol. The Bertz CT molecular complexity index is 134. The standard InChI is InChI=1S/3C3H7O.C2H2N3.Cu/c3*1-2-3-4;1-2-4-5-3-1;/h3*4H,1-3H2;1H,(H,3,4,5);/q4*-1;. The SMILES string of the molecule is [CH2-]CCO.[CH2-]CCO.[CH2-]CCO.[Cu].[c-]1c[nH]nn1. The first-order chi connectivity index (χ1) is 8.24. The molecule has 1 aromatic rings. The zero-order chi connectivity index (χ0) is 13.8. The average Bonchev–Trinajstić information content (AvgIpc) is 2.98. The topological polar surface area (TPSA) is 102 Å². The quantitative estimate of drug-likeness (QED) is 0.472. The molecule has 4 N–H and O–H groups in total.